The SMILES string of the molecule is Cc1ccc2[nH]cc(CCN)c2c1.I. The van der Waals surface area contributed by atoms with E-state index in [4.69, 9.17) is 5.73 Å². The van der Waals surface area contributed by atoms with Gasteiger partial charge in [0.25, 0.3) is 0 Å². The third-order valence-corrected chi connectivity index (χ3v) is 2.34. The minimum atomic E-state index is 0. The van der Waals surface area contributed by atoms with E-state index in [0.29, 0.717) is 6.54 Å². The first kappa shape index (κ1) is 11.5. The van der Waals surface area contributed by atoms with Gasteiger partial charge in [0.15, 0.2) is 0 Å². The zero-order chi connectivity index (χ0) is 9.26. The molecule has 3 N–H and O–H groups in total. The van der Waals surface area contributed by atoms with Gasteiger partial charge in [0.1, 0.15) is 0 Å². The van der Waals surface area contributed by atoms with Crippen molar-refractivity contribution in [1.82, 2.24) is 4.98 Å². The molecule has 0 amide bonds. The molecule has 0 aliphatic rings. The number of aromatic nitrogens is 1. The van der Waals surface area contributed by atoms with Crippen molar-refractivity contribution in [2.75, 3.05) is 6.54 Å². The third-order valence-electron chi connectivity index (χ3n) is 2.34. The van der Waals surface area contributed by atoms with Crippen LogP contribution in [-0.4, -0.2) is 11.5 Å². The lowest BCUT2D eigenvalue weighted by molar-refractivity contribution is 0.976. The molecule has 0 radical (unpaired) electrons. The fraction of sp³-hybridized carbons (Fsp3) is 0.273. The summed E-state index contributed by atoms with van der Waals surface area (Å²) in [6.45, 7) is 2.82. The van der Waals surface area contributed by atoms with Crippen molar-refractivity contribution in [1.29, 1.82) is 0 Å². The van der Waals surface area contributed by atoms with E-state index in [1.165, 1.54) is 22.0 Å². The van der Waals surface area contributed by atoms with Crippen LogP contribution in [0.1, 0.15) is 11.1 Å². The molecule has 3 heteroatoms. The molecule has 2 nitrogen and oxygen atoms in total. The van der Waals surface area contributed by atoms with Gasteiger partial charge in [-0.25, -0.2) is 0 Å². The van der Waals surface area contributed by atoms with Gasteiger partial charge in [-0.2, -0.15) is 0 Å². The lowest BCUT2D eigenvalue weighted by atomic mass is 10.1. The molecular formula is C11H15IN2. The third kappa shape index (κ3) is 2.09. The summed E-state index contributed by atoms with van der Waals surface area (Å²) in [6, 6.07) is 6.44. The van der Waals surface area contributed by atoms with E-state index < -0.39 is 0 Å². The first-order valence-corrected chi connectivity index (χ1v) is 4.58. The maximum atomic E-state index is 5.53. The molecule has 1 aromatic heterocycles. The quantitative estimate of drug-likeness (QED) is 0.823. The molecule has 0 aliphatic carbocycles. The fourth-order valence-corrected chi connectivity index (χ4v) is 1.65. The average Bonchev–Trinajstić information content (AvgIpc) is 2.49. The van der Waals surface area contributed by atoms with Crippen molar-refractivity contribution in [3.05, 3.63) is 35.5 Å². The monoisotopic (exact) mass is 302 g/mol. The number of aromatic amines is 1. The highest BCUT2D eigenvalue weighted by Gasteiger charge is 2.01. The van der Waals surface area contributed by atoms with Crippen LogP contribution in [0.25, 0.3) is 10.9 Å². The number of halogens is 1. The largest absolute Gasteiger partial charge is 0.361 e. The molecule has 0 saturated heterocycles. The predicted molar refractivity (Wildman–Crippen MR) is 71.2 cm³/mol. The van der Waals surface area contributed by atoms with E-state index in [9.17, 15) is 0 Å². The number of H-pyrrole nitrogens is 1. The number of hydrogen-bond donors (Lipinski definition) is 2. The molecule has 76 valence electrons. The Morgan fingerprint density at radius 1 is 1.36 bits per heavy atom. The molecular weight excluding hydrogens is 287 g/mol. The average molecular weight is 302 g/mol. The zero-order valence-corrected chi connectivity index (χ0v) is 10.5. The fourth-order valence-electron chi connectivity index (χ4n) is 1.65. The summed E-state index contributed by atoms with van der Waals surface area (Å²) in [6.07, 6.45) is 3.00. The van der Waals surface area contributed by atoms with Gasteiger partial charge in [-0.1, -0.05) is 11.6 Å². The van der Waals surface area contributed by atoms with Crippen LogP contribution in [0.3, 0.4) is 0 Å². The summed E-state index contributed by atoms with van der Waals surface area (Å²) in [5.74, 6) is 0. The molecule has 0 bridgehead atoms. The number of rotatable bonds is 2. The first-order valence-electron chi connectivity index (χ1n) is 4.58. The number of hydrogen-bond acceptors (Lipinski definition) is 1. The molecule has 0 aliphatic heterocycles. The standard InChI is InChI=1S/C11H14N2.HI/c1-8-2-3-11-10(6-8)9(4-5-12)7-13-11;/h2-3,6-7,13H,4-5,12H2,1H3;1H. The summed E-state index contributed by atoms with van der Waals surface area (Å²) < 4.78 is 0. The van der Waals surface area contributed by atoms with E-state index >= 15 is 0 Å². The van der Waals surface area contributed by atoms with Crippen LogP contribution in [0.5, 0.6) is 0 Å². The van der Waals surface area contributed by atoms with E-state index in [1.807, 2.05) is 0 Å². The smallest absolute Gasteiger partial charge is 0.0456 e. The van der Waals surface area contributed by atoms with Crippen LogP contribution in [0.2, 0.25) is 0 Å². The lowest BCUT2D eigenvalue weighted by Crippen LogP contribution is -2.01. The van der Waals surface area contributed by atoms with Gasteiger partial charge >= 0.3 is 0 Å². The molecule has 0 unspecified atom stereocenters. The first-order chi connectivity index (χ1) is 6.31. The van der Waals surface area contributed by atoms with Crippen LogP contribution in [-0.2, 0) is 6.42 Å². The maximum absolute atomic E-state index is 5.53. The second-order valence-electron chi connectivity index (χ2n) is 3.40. The summed E-state index contributed by atoms with van der Waals surface area (Å²) in [5, 5.41) is 1.31. The molecule has 2 aromatic rings. The van der Waals surface area contributed by atoms with Gasteiger partial charge in [-0.3, -0.25) is 0 Å². The Morgan fingerprint density at radius 2 is 2.14 bits per heavy atom. The minimum absolute atomic E-state index is 0. The highest BCUT2D eigenvalue weighted by atomic mass is 127. The number of fused-ring (bicyclic) bond motifs is 1. The summed E-state index contributed by atoms with van der Waals surface area (Å²) in [7, 11) is 0. The number of nitrogens with two attached hydrogens (primary N) is 1. The molecule has 0 fully saturated rings. The molecule has 1 aromatic carbocycles. The van der Waals surface area contributed by atoms with E-state index in [-0.39, 0.29) is 24.0 Å². The Hall–Kier alpha value is -0.550. The Kier molecular flexibility index (Phi) is 3.95. The maximum Gasteiger partial charge on any atom is 0.0456 e. The van der Waals surface area contributed by atoms with Gasteiger partial charge < -0.3 is 10.7 Å². The Morgan fingerprint density at radius 3 is 2.86 bits per heavy atom. The van der Waals surface area contributed by atoms with Crippen molar-refractivity contribution in [2.24, 2.45) is 5.73 Å². The summed E-state index contributed by atoms with van der Waals surface area (Å²) in [4.78, 5) is 3.24. The van der Waals surface area contributed by atoms with Gasteiger partial charge in [-0.15, -0.1) is 24.0 Å². The highest BCUT2D eigenvalue weighted by Crippen LogP contribution is 2.19. The Bertz CT molecular complexity index is 420. The summed E-state index contributed by atoms with van der Waals surface area (Å²) >= 11 is 0. The van der Waals surface area contributed by atoms with Crippen molar-refractivity contribution in [3.8, 4) is 0 Å². The van der Waals surface area contributed by atoms with Gasteiger partial charge in [-0.05, 0) is 37.6 Å². The van der Waals surface area contributed by atoms with Crippen LogP contribution in [0.4, 0.5) is 0 Å². The number of aryl methyl sites for hydroxylation is 1. The molecule has 0 saturated carbocycles. The second-order valence-corrected chi connectivity index (χ2v) is 3.40. The Balaban J connectivity index is 0.000000980. The Labute approximate surface area is 101 Å². The van der Waals surface area contributed by atoms with Crippen molar-refractivity contribution < 1.29 is 0 Å². The predicted octanol–water partition coefficient (Wildman–Crippen LogP) is 2.60. The van der Waals surface area contributed by atoms with E-state index in [1.54, 1.807) is 0 Å². The molecule has 14 heavy (non-hydrogen) atoms. The molecule has 1 heterocycles. The van der Waals surface area contributed by atoms with Gasteiger partial charge in [0.05, 0.1) is 0 Å². The van der Waals surface area contributed by atoms with Crippen molar-refractivity contribution >= 4 is 34.9 Å². The van der Waals surface area contributed by atoms with Crippen LogP contribution in [0.15, 0.2) is 24.4 Å². The number of nitrogens with one attached hydrogen (secondary N) is 1. The van der Waals surface area contributed by atoms with Crippen molar-refractivity contribution in [2.45, 2.75) is 13.3 Å². The van der Waals surface area contributed by atoms with Crippen LogP contribution >= 0.6 is 24.0 Å². The second kappa shape index (κ2) is 4.79. The van der Waals surface area contributed by atoms with Gasteiger partial charge in [0, 0.05) is 17.1 Å². The normalized spacial score (nSPS) is 10.1. The molecule has 0 atom stereocenters. The van der Waals surface area contributed by atoms with Crippen LogP contribution in [0, 0.1) is 6.92 Å². The van der Waals surface area contributed by atoms with Crippen molar-refractivity contribution in [3.63, 3.8) is 0 Å². The molecule has 0 spiro atoms. The van der Waals surface area contributed by atoms with E-state index in [2.05, 4.69) is 36.3 Å². The lowest BCUT2D eigenvalue weighted by Gasteiger charge is -1.96. The molecule has 2 rings (SSSR count). The topological polar surface area (TPSA) is 41.8 Å². The number of benzene rings is 1. The summed E-state index contributed by atoms with van der Waals surface area (Å²) in [5.41, 5.74) is 9.35. The highest BCUT2D eigenvalue weighted by molar-refractivity contribution is 14.0. The van der Waals surface area contributed by atoms with Crippen LogP contribution < -0.4 is 5.73 Å². The van der Waals surface area contributed by atoms with Gasteiger partial charge in [0.2, 0.25) is 0 Å². The minimum Gasteiger partial charge on any atom is -0.361 e. The zero-order valence-electron chi connectivity index (χ0n) is 8.21. The van der Waals surface area contributed by atoms with E-state index in [0.717, 1.165) is 6.42 Å².